The lowest BCUT2D eigenvalue weighted by Gasteiger charge is -2.57. The molecule has 6 rings (SSSR count). The molecule has 1 aromatic carbocycles. The summed E-state index contributed by atoms with van der Waals surface area (Å²) in [5.41, 5.74) is 0.507. The Labute approximate surface area is 169 Å². The number of hydrogen-bond acceptors (Lipinski definition) is 3. The Hall–Kier alpha value is -1.14. The molecule has 4 aliphatic carbocycles. The van der Waals surface area contributed by atoms with E-state index in [0.717, 1.165) is 29.4 Å². The van der Waals surface area contributed by atoms with E-state index in [9.17, 15) is 13.2 Å². The smallest absolute Gasteiger partial charge is 0.233 e. The van der Waals surface area contributed by atoms with E-state index in [1.54, 1.807) is 11.0 Å². The fourth-order valence-electron chi connectivity index (χ4n) is 6.41. The molecule has 4 bridgehead atoms. The van der Waals surface area contributed by atoms with Crippen LogP contribution in [-0.4, -0.2) is 26.1 Å². The van der Waals surface area contributed by atoms with E-state index in [-0.39, 0.29) is 17.1 Å². The topological polar surface area (TPSA) is 54.5 Å². The van der Waals surface area contributed by atoms with Gasteiger partial charge in [0.05, 0.1) is 17.2 Å². The molecule has 0 aromatic heterocycles. The van der Waals surface area contributed by atoms with Gasteiger partial charge in [-0.25, -0.2) is 8.42 Å². The molecule has 1 heterocycles. The largest absolute Gasteiger partial charge is 0.304 e. The first-order valence-electron chi connectivity index (χ1n) is 9.84. The predicted octanol–water partition coefficient (Wildman–Crippen LogP) is 4.31. The maximum absolute atomic E-state index is 14.0. The molecule has 0 radical (unpaired) electrons. The zero-order valence-corrected chi connectivity index (χ0v) is 17.6. The lowest BCUT2D eigenvalue weighted by molar-refractivity contribution is -0.143. The molecule has 4 saturated carbocycles. The summed E-state index contributed by atoms with van der Waals surface area (Å²) in [7, 11) is -3.23. The Bertz CT molecular complexity index is 871. The molecule has 0 N–H and O–H groups in total. The van der Waals surface area contributed by atoms with Crippen molar-refractivity contribution in [1.29, 1.82) is 0 Å². The summed E-state index contributed by atoms with van der Waals surface area (Å²) in [5.74, 6) is 2.16. The van der Waals surface area contributed by atoms with Crippen molar-refractivity contribution < 1.29 is 13.2 Å². The van der Waals surface area contributed by atoms with E-state index in [1.165, 1.54) is 24.7 Å². The van der Waals surface area contributed by atoms with Gasteiger partial charge < -0.3 is 4.90 Å². The van der Waals surface area contributed by atoms with Gasteiger partial charge in [0.1, 0.15) is 0 Å². The van der Waals surface area contributed by atoms with E-state index in [2.05, 4.69) is 15.9 Å². The van der Waals surface area contributed by atoms with Crippen molar-refractivity contribution in [3.63, 3.8) is 0 Å². The molecule has 4 fully saturated rings. The number of benzene rings is 1. The first-order chi connectivity index (χ1) is 12.8. The highest BCUT2D eigenvalue weighted by Gasteiger charge is 2.56. The molecular weight excluding hydrogens is 426 g/mol. The third kappa shape index (κ3) is 3.09. The molecule has 0 spiro atoms. The monoisotopic (exact) mass is 449 g/mol. The summed E-state index contributed by atoms with van der Waals surface area (Å²) in [6.45, 7) is 0. The molecular formula is C21H24BrNO3S. The van der Waals surface area contributed by atoms with Crippen LogP contribution in [0.2, 0.25) is 0 Å². The van der Waals surface area contributed by atoms with Gasteiger partial charge in [-0.1, -0.05) is 15.9 Å². The Morgan fingerprint density at radius 3 is 2.04 bits per heavy atom. The maximum atomic E-state index is 14.0. The SMILES string of the molecule is O=C(N(c1ccc(Br)cc1)[C@H]1C=CS(=O)(=O)C1)C12CC3CC(CC(C3)C1)C2. The Morgan fingerprint density at radius 1 is 1.00 bits per heavy atom. The van der Waals surface area contributed by atoms with Gasteiger partial charge in [-0.2, -0.15) is 0 Å². The second-order valence-electron chi connectivity index (χ2n) is 9.07. The predicted molar refractivity (Wildman–Crippen MR) is 109 cm³/mol. The summed E-state index contributed by atoms with van der Waals surface area (Å²) in [4.78, 5) is 15.8. The van der Waals surface area contributed by atoms with Gasteiger partial charge in [-0.15, -0.1) is 0 Å². The number of nitrogens with zero attached hydrogens (tertiary/aromatic N) is 1. The standard InChI is InChI=1S/C21H24BrNO3S/c22-17-1-3-18(4-2-17)23(19-5-6-27(25,26)13-19)20(24)21-10-14-7-15(11-21)9-16(8-14)12-21/h1-6,14-16,19H,7-13H2/t14?,15?,16?,19-,21?/m0/s1. The third-order valence-corrected chi connectivity index (χ3v) is 8.96. The third-order valence-electron chi connectivity index (χ3n) is 7.06. The summed E-state index contributed by atoms with van der Waals surface area (Å²) >= 11 is 3.45. The second-order valence-corrected chi connectivity index (χ2v) is 11.9. The molecule has 1 aromatic rings. The van der Waals surface area contributed by atoms with Crippen LogP contribution in [0.5, 0.6) is 0 Å². The van der Waals surface area contributed by atoms with Gasteiger partial charge in [0, 0.05) is 15.6 Å². The summed E-state index contributed by atoms with van der Waals surface area (Å²) in [6, 6.07) is 7.27. The zero-order chi connectivity index (χ0) is 18.8. The van der Waals surface area contributed by atoms with Crippen molar-refractivity contribution >= 4 is 37.4 Å². The Kier molecular flexibility index (Phi) is 4.10. The van der Waals surface area contributed by atoms with Crippen LogP contribution in [0.4, 0.5) is 5.69 Å². The van der Waals surface area contributed by atoms with Crippen LogP contribution in [0.25, 0.3) is 0 Å². The van der Waals surface area contributed by atoms with Crippen molar-refractivity contribution in [2.45, 2.75) is 44.6 Å². The van der Waals surface area contributed by atoms with E-state index < -0.39 is 15.9 Å². The van der Waals surface area contributed by atoms with Crippen LogP contribution in [0.15, 0.2) is 40.2 Å². The number of carbonyl (C=O) groups is 1. The highest BCUT2D eigenvalue weighted by molar-refractivity contribution is 9.10. The highest BCUT2D eigenvalue weighted by Crippen LogP contribution is 2.60. The van der Waals surface area contributed by atoms with Crippen LogP contribution in [0.3, 0.4) is 0 Å². The van der Waals surface area contributed by atoms with Crippen molar-refractivity contribution in [2.24, 2.45) is 23.2 Å². The molecule has 144 valence electrons. The number of amides is 1. The fraction of sp³-hybridized carbons (Fsp3) is 0.571. The molecule has 0 unspecified atom stereocenters. The summed E-state index contributed by atoms with van der Waals surface area (Å²) in [5, 5.41) is 1.27. The van der Waals surface area contributed by atoms with Crippen LogP contribution >= 0.6 is 15.9 Å². The summed E-state index contributed by atoms with van der Waals surface area (Å²) in [6.07, 6.45) is 8.47. The lowest BCUT2D eigenvalue weighted by Crippen LogP contribution is -2.57. The average Bonchev–Trinajstić information content (AvgIpc) is 2.95. The maximum Gasteiger partial charge on any atom is 0.233 e. The molecule has 27 heavy (non-hydrogen) atoms. The van der Waals surface area contributed by atoms with E-state index in [1.807, 2.05) is 24.3 Å². The highest BCUT2D eigenvalue weighted by atomic mass is 79.9. The Balaban J connectivity index is 1.53. The van der Waals surface area contributed by atoms with Crippen molar-refractivity contribution in [3.8, 4) is 0 Å². The molecule has 1 atom stereocenters. The fourth-order valence-corrected chi connectivity index (χ4v) is 7.94. The van der Waals surface area contributed by atoms with Gasteiger partial charge in [-0.05, 0) is 86.6 Å². The van der Waals surface area contributed by atoms with E-state index in [0.29, 0.717) is 17.8 Å². The minimum Gasteiger partial charge on any atom is -0.304 e. The van der Waals surface area contributed by atoms with Gasteiger partial charge in [0.15, 0.2) is 9.84 Å². The van der Waals surface area contributed by atoms with E-state index >= 15 is 0 Å². The van der Waals surface area contributed by atoms with E-state index in [4.69, 9.17) is 0 Å². The number of halogens is 1. The van der Waals surface area contributed by atoms with Crippen molar-refractivity contribution in [1.82, 2.24) is 0 Å². The number of hydrogen-bond donors (Lipinski definition) is 0. The van der Waals surface area contributed by atoms with Gasteiger partial charge in [-0.3, -0.25) is 4.79 Å². The first-order valence-corrected chi connectivity index (χ1v) is 12.3. The van der Waals surface area contributed by atoms with Crippen LogP contribution in [0, 0.1) is 23.2 Å². The van der Waals surface area contributed by atoms with Crippen molar-refractivity contribution in [3.05, 3.63) is 40.2 Å². The van der Waals surface area contributed by atoms with Crippen LogP contribution in [-0.2, 0) is 14.6 Å². The molecule has 1 aliphatic heterocycles. The minimum atomic E-state index is -3.23. The number of carbonyl (C=O) groups excluding carboxylic acids is 1. The minimum absolute atomic E-state index is 0.0127. The van der Waals surface area contributed by atoms with Crippen molar-refractivity contribution in [2.75, 3.05) is 10.7 Å². The molecule has 5 aliphatic rings. The number of sulfone groups is 1. The normalized spacial score (nSPS) is 38.3. The molecule has 4 nitrogen and oxygen atoms in total. The molecule has 6 heteroatoms. The quantitative estimate of drug-likeness (QED) is 0.690. The molecule has 0 saturated heterocycles. The average molecular weight is 450 g/mol. The first kappa shape index (κ1) is 17.9. The lowest BCUT2D eigenvalue weighted by atomic mass is 9.49. The van der Waals surface area contributed by atoms with Gasteiger partial charge >= 0.3 is 0 Å². The summed E-state index contributed by atoms with van der Waals surface area (Å²) < 4.78 is 25.1. The molecule has 1 amide bonds. The Morgan fingerprint density at radius 2 is 1.56 bits per heavy atom. The second kappa shape index (κ2) is 6.18. The number of anilines is 1. The number of rotatable bonds is 3. The van der Waals surface area contributed by atoms with Crippen LogP contribution < -0.4 is 4.90 Å². The van der Waals surface area contributed by atoms with Crippen LogP contribution in [0.1, 0.15) is 38.5 Å². The van der Waals surface area contributed by atoms with Gasteiger partial charge in [0.2, 0.25) is 5.91 Å². The van der Waals surface area contributed by atoms with Gasteiger partial charge in [0.25, 0.3) is 0 Å². The zero-order valence-electron chi connectivity index (χ0n) is 15.2.